The van der Waals surface area contributed by atoms with E-state index in [0.717, 1.165) is 23.2 Å². The maximum atomic E-state index is 12.1. The Hall–Kier alpha value is -2.29. The van der Waals surface area contributed by atoms with Gasteiger partial charge in [-0.05, 0) is 49.1 Å². The highest BCUT2D eigenvalue weighted by atomic mass is 16.2. The Balaban J connectivity index is 2.04. The van der Waals surface area contributed by atoms with Crippen LogP contribution in [0.1, 0.15) is 34.0 Å². The van der Waals surface area contributed by atoms with E-state index in [-0.39, 0.29) is 5.91 Å². The summed E-state index contributed by atoms with van der Waals surface area (Å²) in [5, 5.41) is 0. The largest absolute Gasteiger partial charge is 0.298 e. The molecule has 0 unspecified atom stereocenters. The molecule has 20 heavy (non-hydrogen) atoms. The van der Waals surface area contributed by atoms with Gasteiger partial charge in [0.2, 0.25) is 0 Å². The number of benzene rings is 2. The molecule has 0 saturated carbocycles. The van der Waals surface area contributed by atoms with Crippen LogP contribution in [0.5, 0.6) is 0 Å². The van der Waals surface area contributed by atoms with E-state index in [2.05, 4.69) is 17.8 Å². The molecule has 0 aliphatic rings. The van der Waals surface area contributed by atoms with E-state index in [1.165, 1.54) is 5.56 Å². The Bertz CT molecular complexity index is 583. The first kappa shape index (κ1) is 14.1. The molecule has 0 heterocycles. The molecule has 0 bridgehead atoms. The average molecular weight is 268 g/mol. The molecule has 0 aliphatic heterocycles. The number of aryl methyl sites for hydroxylation is 3. The number of rotatable bonds is 4. The highest BCUT2D eigenvalue weighted by Gasteiger charge is 2.06. The second kappa shape index (κ2) is 6.24. The molecule has 0 saturated heterocycles. The van der Waals surface area contributed by atoms with Gasteiger partial charge in [-0.3, -0.25) is 15.6 Å². The lowest BCUT2D eigenvalue weighted by molar-refractivity contribution is 0.0962. The highest BCUT2D eigenvalue weighted by Crippen LogP contribution is 2.18. The summed E-state index contributed by atoms with van der Waals surface area (Å²) in [6.45, 7) is 6.12. The molecule has 0 aliphatic carbocycles. The molecule has 2 aromatic rings. The Labute approximate surface area is 120 Å². The standard InChI is InChI=1S/C17H20N2O/c1-4-14-8-10-15(11-9-14)17(20)19-18-16-12(2)6-5-7-13(16)3/h5-11,18H,4H2,1-3H3,(H,19,20). The average Bonchev–Trinajstić information content (AvgIpc) is 2.46. The van der Waals surface area contributed by atoms with E-state index in [9.17, 15) is 4.79 Å². The van der Waals surface area contributed by atoms with Crippen LogP contribution < -0.4 is 10.9 Å². The van der Waals surface area contributed by atoms with Gasteiger partial charge in [-0.15, -0.1) is 0 Å². The number of hydrazine groups is 1. The first-order valence-corrected chi connectivity index (χ1v) is 6.83. The van der Waals surface area contributed by atoms with E-state index < -0.39 is 0 Å². The van der Waals surface area contributed by atoms with Gasteiger partial charge in [0.05, 0.1) is 5.69 Å². The van der Waals surface area contributed by atoms with Gasteiger partial charge in [-0.2, -0.15) is 0 Å². The number of anilines is 1. The van der Waals surface area contributed by atoms with Crippen molar-refractivity contribution in [2.24, 2.45) is 0 Å². The second-order valence-electron chi connectivity index (χ2n) is 4.90. The lowest BCUT2D eigenvalue weighted by Gasteiger charge is -2.13. The van der Waals surface area contributed by atoms with Crippen LogP contribution in [-0.4, -0.2) is 5.91 Å². The number of amides is 1. The summed E-state index contributed by atoms with van der Waals surface area (Å²) in [6.07, 6.45) is 0.975. The van der Waals surface area contributed by atoms with Gasteiger partial charge in [0.25, 0.3) is 5.91 Å². The van der Waals surface area contributed by atoms with Crippen molar-refractivity contribution in [3.05, 3.63) is 64.7 Å². The summed E-state index contributed by atoms with van der Waals surface area (Å²) in [4.78, 5) is 12.1. The molecule has 104 valence electrons. The van der Waals surface area contributed by atoms with E-state index in [1.54, 1.807) is 0 Å². The minimum atomic E-state index is -0.129. The van der Waals surface area contributed by atoms with Crippen molar-refractivity contribution in [3.63, 3.8) is 0 Å². The number of para-hydroxylation sites is 1. The molecule has 0 atom stereocenters. The quantitative estimate of drug-likeness (QED) is 0.831. The molecule has 0 radical (unpaired) electrons. The highest BCUT2D eigenvalue weighted by molar-refractivity contribution is 5.95. The molecule has 3 heteroatoms. The minimum Gasteiger partial charge on any atom is -0.298 e. The third kappa shape index (κ3) is 3.18. The summed E-state index contributed by atoms with van der Waals surface area (Å²) >= 11 is 0. The molecule has 1 amide bonds. The summed E-state index contributed by atoms with van der Waals surface area (Å²) in [5.74, 6) is -0.129. The fraction of sp³-hybridized carbons (Fsp3) is 0.235. The van der Waals surface area contributed by atoms with E-state index in [4.69, 9.17) is 0 Å². The van der Waals surface area contributed by atoms with Gasteiger partial charge in [0, 0.05) is 5.56 Å². The summed E-state index contributed by atoms with van der Waals surface area (Å²) in [6, 6.07) is 13.7. The molecule has 3 nitrogen and oxygen atoms in total. The van der Waals surface area contributed by atoms with Crippen molar-refractivity contribution < 1.29 is 4.79 Å². The van der Waals surface area contributed by atoms with E-state index in [0.29, 0.717) is 5.56 Å². The van der Waals surface area contributed by atoms with E-state index in [1.807, 2.05) is 56.3 Å². The third-order valence-electron chi connectivity index (χ3n) is 3.41. The Morgan fingerprint density at radius 1 is 1.00 bits per heavy atom. The summed E-state index contributed by atoms with van der Waals surface area (Å²) < 4.78 is 0. The minimum absolute atomic E-state index is 0.129. The Kier molecular flexibility index (Phi) is 4.41. The molecule has 0 aromatic heterocycles. The van der Waals surface area contributed by atoms with E-state index >= 15 is 0 Å². The summed E-state index contributed by atoms with van der Waals surface area (Å²) in [5.41, 5.74) is 10.8. The number of carbonyl (C=O) groups is 1. The smallest absolute Gasteiger partial charge is 0.269 e. The van der Waals surface area contributed by atoms with Crippen LogP contribution in [-0.2, 0) is 6.42 Å². The fourth-order valence-electron chi connectivity index (χ4n) is 2.09. The predicted octanol–water partition coefficient (Wildman–Crippen LogP) is 3.62. The number of nitrogens with one attached hydrogen (secondary N) is 2. The van der Waals surface area contributed by atoms with Crippen LogP contribution in [0.25, 0.3) is 0 Å². The maximum absolute atomic E-state index is 12.1. The first-order valence-electron chi connectivity index (χ1n) is 6.83. The topological polar surface area (TPSA) is 41.1 Å². The maximum Gasteiger partial charge on any atom is 0.269 e. The fourth-order valence-corrected chi connectivity index (χ4v) is 2.09. The van der Waals surface area contributed by atoms with Crippen molar-refractivity contribution in [3.8, 4) is 0 Å². The van der Waals surface area contributed by atoms with Crippen LogP contribution in [0.2, 0.25) is 0 Å². The lowest BCUT2D eigenvalue weighted by Crippen LogP contribution is -2.30. The van der Waals surface area contributed by atoms with Crippen molar-refractivity contribution in [1.82, 2.24) is 5.43 Å². The van der Waals surface area contributed by atoms with Crippen molar-refractivity contribution in [1.29, 1.82) is 0 Å². The van der Waals surface area contributed by atoms with Gasteiger partial charge in [-0.25, -0.2) is 0 Å². The first-order chi connectivity index (χ1) is 9.61. The van der Waals surface area contributed by atoms with Gasteiger partial charge in [0.1, 0.15) is 0 Å². The molecule has 0 fully saturated rings. The van der Waals surface area contributed by atoms with Crippen LogP contribution in [0.3, 0.4) is 0 Å². The zero-order chi connectivity index (χ0) is 14.5. The molecule has 0 spiro atoms. The predicted molar refractivity (Wildman–Crippen MR) is 82.8 cm³/mol. The van der Waals surface area contributed by atoms with Crippen molar-refractivity contribution >= 4 is 11.6 Å². The molecular weight excluding hydrogens is 248 g/mol. The molecular formula is C17H20N2O. The van der Waals surface area contributed by atoms with Gasteiger partial charge < -0.3 is 0 Å². The third-order valence-corrected chi connectivity index (χ3v) is 3.41. The normalized spacial score (nSPS) is 10.2. The molecule has 2 aromatic carbocycles. The summed E-state index contributed by atoms with van der Waals surface area (Å²) in [7, 11) is 0. The van der Waals surface area contributed by atoms with Crippen molar-refractivity contribution in [2.75, 3.05) is 5.43 Å². The monoisotopic (exact) mass is 268 g/mol. The number of hydrogen-bond acceptors (Lipinski definition) is 2. The van der Waals surface area contributed by atoms with Crippen LogP contribution in [0.4, 0.5) is 5.69 Å². The lowest BCUT2D eigenvalue weighted by atomic mass is 10.1. The molecule has 2 N–H and O–H groups in total. The Morgan fingerprint density at radius 3 is 2.15 bits per heavy atom. The number of hydrogen-bond donors (Lipinski definition) is 2. The zero-order valence-corrected chi connectivity index (χ0v) is 12.2. The van der Waals surface area contributed by atoms with Gasteiger partial charge >= 0.3 is 0 Å². The van der Waals surface area contributed by atoms with Crippen molar-refractivity contribution in [2.45, 2.75) is 27.2 Å². The zero-order valence-electron chi connectivity index (χ0n) is 12.2. The van der Waals surface area contributed by atoms with Crippen LogP contribution in [0.15, 0.2) is 42.5 Å². The Morgan fingerprint density at radius 2 is 1.60 bits per heavy atom. The van der Waals surface area contributed by atoms with Crippen LogP contribution in [0, 0.1) is 13.8 Å². The number of carbonyl (C=O) groups excluding carboxylic acids is 1. The van der Waals surface area contributed by atoms with Gasteiger partial charge in [0.15, 0.2) is 0 Å². The SMILES string of the molecule is CCc1ccc(C(=O)NNc2c(C)cccc2C)cc1. The second-order valence-corrected chi connectivity index (χ2v) is 4.90. The van der Waals surface area contributed by atoms with Crippen LogP contribution >= 0.6 is 0 Å². The van der Waals surface area contributed by atoms with Gasteiger partial charge in [-0.1, -0.05) is 37.3 Å². The molecule has 2 rings (SSSR count).